The van der Waals surface area contributed by atoms with Gasteiger partial charge in [-0.05, 0) is 52.0 Å². The zero-order chi connectivity index (χ0) is 19.4. The van der Waals surface area contributed by atoms with Crippen LogP contribution in [-0.2, 0) is 24.3 Å². The average Bonchev–Trinajstić information content (AvgIpc) is 2.45. The third kappa shape index (κ3) is 6.43. The van der Waals surface area contributed by atoms with Crippen LogP contribution in [0.5, 0.6) is 0 Å². The van der Waals surface area contributed by atoms with Crippen LogP contribution in [0.25, 0.3) is 0 Å². The number of nitrogens with one attached hydrogen (secondary N) is 1. The predicted octanol–water partition coefficient (Wildman–Crippen LogP) is 1.29. The minimum atomic E-state index is -3.97. The van der Waals surface area contributed by atoms with Crippen molar-refractivity contribution < 1.29 is 27.1 Å². The lowest BCUT2D eigenvalue weighted by Gasteiger charge is -2.23. The van der Waals surface area contributed by atoms with E-state index in [9.17, 15) is 22.4 Å². The number of hydrogen-bond acceptors (Lipinski definition) is 5. The summed E-state index contributed by atoms with van der Waals surface area (Å²) in [6, 6.07) is 4.23. The Kier molecular flexibility index (Phi) is 6.67. The molecule has 0 aliphatic heterocycles. The highest BCUT2D eigenvalue weighted by Crippen LogP contribution is 2.14. The van der Waals surface area contributed by atoms with Gasteiger partial charge in [-0.15, -0.1) is 0 Å². The van der Waals surface area contributed by atoms with Crippen molar-refractivity contribution in [2.24, 2.45) is 0 Å². The monoisotopic (exact) mass is 374 g/mol. The molecule has 0 radical (unpaired) electrons. The quantitative estimate of drug-likeness (QED) is 0.758. The molecule has 1 aromatic rings. The van der Waals surface area contributed by atoms with Crippen LogP contribution in [-0.4, -0.2) is 49.8 Å². The van der Waals surface area contributed by atoms with Gasteiger partial charge in [0.25, 0.3) is 5.91 Å². The zero-order valence-electron chi connectivity index (χ0n) is 14.9. The van der Waals surface area contributed by atoms with Gasteiger partial charge in [0.05, 0.1) is 4.90 Å². The van der Waals surface area contributed by atoms with Gasteiger partial charge < -0.3 is 10.1 Å². The molecule has 7 nitrogen and oxygen atoms in total. The van der Waals surface area contributed by atoms with Crippen LogP contribution < -0.4 is 5.32 Å². The smallest absolute Gasteiger partial charge is 0.322 e. The first-order valence-corrected chi connectivity index (χ1v) is 9.00. The lowest BCUT2D eigenvalue weighted by atomic mass is 10.1. The van der Waals surface area contributed by atoms with Crippen LogP contribution in [0.4, 0.5) is 4.39 Å². The first kappa shape index (κ1) is 21.0. The van der Waals surface area contributed by atoms with Crippen LogP contribution in [0.1, 0.15) is 27.7 Å². The highest BCUT2D eigenvalue weighted by atomic mass is 32.2. The summed E-state index contributed by atoms with van der Waals surface area (Å²) in [6.07, 6.45) is -1.06. The molecule has 0 saturated heterocycles. The summed E-state index contributed by atoms with van der Waals surface area (Å²) in [5, 5.41) is 2.66. The van der Waals surface area contributed by atoms with Crippen molar-refractivity contribution in [2.75, 3.05) is 13.6 Å². The van der Waals surface area contributed by atoms with Crippen molar-refractivity contribution in [3.05, 3.63) is 30.1 Å². The number of sulfonamides is 1. The van der Waals surface area contributed by atoms with Crippen LogP contribution >= 0.6 is 0 Å². The molecule has 25 heavy (non-hydrogen) atoms. The van der Waals surface area contributed by atoms with E-state index in [1.54, 1.807) is 20.8 Å². The summed E-state index contributed by atoms with van der Waals surface area (Å²) in [5.74, 6) is -1.92. The molecule has 1 aromatic carbocycles. The number of esters is 1. The van der Waals surface area contributed by atoms with E-state index in [0.717, 1.165) is 28.6 Å². The van der Waals surface area contributed by atoms with E-state index < -0.39 is 45.9 Å². The molecular formula is C16H23FN2O5S. The summed E-state index contributed by atoms with van der Waals surface area (Å²) in [7, 11) is -2.78. The van der Waals surface area contributed by atoms with E-state index in [2.05, 4.69) is 5.32 Å². The number of likely N-dealkylation sites (N-methyl/N-ethyl adjacent to an activating group) is 1. The first-order chi connectivity index (χ1) is 11.3. The number of ether oxygens (including phenoxy) is 1. The van der Waals surface area contributed by atoms with Crippen molar-refractivity contribution in [3.8, 4) is 0 Å². The molecule has 1 N–H and O–H groups in total. The van der Waals surface area contributed by atoms with Gasteiger partial charge in [-0.2, -0.15) is 4.31 Å². The maximum Gasteiger partial charge on any atom is 0.322 e. The van der Waals surface area contributed by atoms with Gasteiger partial charge in [0.1, 0.15) is 12.4 Å². The largest absolute Gasteiger partial charge is 0.452 e. The number of carbonyl (C=O) groups is 2. The Hall–Kier alpha value is -2.00. The summed E-state index contributed by atoms with van der Waals surface area (Å²) < 4.78 is 43.2. The Labute approximate surface area is 147 Å². The van der Waals surface area contributed by atoms with Gasteiger partial charge in [-0.1, -0.05) is 0 Å². The second-order valence-electron chi connectivity index (χ2n) is 6.59. The van der Waals surface area contributed by atoms with Crippen LogP contribution in [0.15, 0.2) is 29.2 Å². The standard InChI is InChI=1S/C16H23FN2O5S/c1-11(15(21)18-16(2,3)4)24-14(20)10-19(5)25(22,23)13-8-6-12(17)7-9-13/h6-9,11H,10H2,1-5H3,(H,18,21). The van der Waals surface area contributed by atoms with Crippen molar-refractivity contribution >= 4 is 21.9 Å². The summed E-state index contributed by atoms with van der Waals surface area (Å²) in [6.45, 7) is 6.16. The second kappa shape index (κ2) is 7.92. The predicted molar refractivity (Wildman–Crippen MR) is 89.7 cm³/mol. The molecule has 0 heterocycles. The van der Waals surface area contributed by atoms with Gasteiger partial charge in [-0.3, -0.25) is 9.59 Å². The Morgan fingerprint density at radius 1 is 1.24 bits per heavy atom. The number of halogens is 1. The molecule has 0 fully saturated rings. The van der Waals surface area contributed by atoms with Crippen molar-refractivity contribution in [2.45, 2.75) is 44.2 Å². The highest BCUT2D eigenvalue weighted by Gasteiger charge is 2.26. The van der Waals surface area contributed by atoms with Crippen LogP contribution in [0, 0.1) is 5.82 Å². The van der Waals surface area contributed by atoms with Crippen LogP contribution in [0.2, 0.25) is 0 Å². The molecule has 140 valence electrons. The van der Waals surface area contributed by atoms with Crippen molar-refractivity contribution in [1.82, 2.24) is 9.62 Å². The number of carbonyl (C=O) groups excluding carboxylic acids is 2. The lowest BCUT2D eigenvalue weighted by Crippen LogP contribution is -2.47. The van der Waals surface area contributed by atoms with E-state index in [0.29, 0.717) is 0 Å². The maximum atomic E-state index is 12.9. The summed E-state index contributed by atoms with van der Waals surface area (Å²) in [4.78, 5) is 23.6. The minimum Gasteiger partial charge on any atom is -0.452 e. The van der Waals surface area contributed by atoms with E-state index in [1.807, 2.05) is 0 Å². The van der Waals surface area contributed by atoms with E-state index in [4.69, 9.17) is 4.74 Å². The van der Waals surface area contributed by atoms with Crippen LogP contribution in [0.3, 0.4) is 0 Å². The van der Waals surface area contributed by atoms with Gasteiger partial charge in [0.2, 0.25) is 10.0 Å². The Bertz CT molecular complexity index is 726. The molecule has 0 bridgehead atoms. The molecule has 1 atom stereocenters. The highest BCUT2D eigenvalue weighted by molar-refractivity contribution is 7.89. The third-order valence-electron chi connectivity index (χ3n) is 3.05. The maximum absolute atomic E-state index is 12.9. The molecule has 9 heteroatoms. The van der Waals surface area contributed by atoms with Gasteiger partial charge in [0, 0.05) is 12.6 Å². The van der Waals surface area contributed by atoms with Crippen molar-refractivity contribution in [1.29, 1.82) is 0 Å². The fourth-order valence-electron chi connectivity index (χ4n) is 1.81. The SMILES string of the molecule is CC(OC(=O)CN(C)S(=O)(=O)c1ccc(F)cc1)C(=O)NC(C)(C)C. The summed E-state index contributed by atoms with van der Waals surface area (Å²) >= 11 is 0. The molecule has 1 amide bonds. The number of benzene rings is 1. The Balaban J connectivity index is 2.70. The number of hydrogen-bond donors (Lipinski definition) is 1. The molecule has 1 rings (SSSR count). The van der Waals surface area contributed by atoms with E-state index >= 15 is 0 Å². The first-order valence-electron chi connectivity index (χ1n) is 7.56. The normalized spacial score (nSPS) is 13.4. The van der Waals surface area contributed by atoms with Gasteiger partial charge in [0.15, 0.2) is 6.10 Å². The zero-order valence-corrected chi connectivity index (χ0v) is 15.7. The molecule has 0 aromatic heterocycles. The number of amides is 1. The molecule has 0 saturated carbocycles. The van der Waals surface area contributed by atoms with E-state index in [1.165, 1.54) is 14.0 Å². The van der Waals surface area contributed by atoms with Gasteiger partial charge >= 0.3 is 5.97 Å². The molecular weight excluding hydrogens is 351 g/mol. The fourth-order valence-corrected chi connectivity index (χ4v) is 2.93. The number of nitrogens with zero attached hydrogens (tertiary/aromatic N) is 1. The van der Waals surface area contributed by atoms with Crippen molar-refractivity contribution in [3.63, 3.8) is 0 Å². The fraction of sp³-hybridized carbons (Fsp3) is 0.500. The second-order valence-corrected chi connectivity index (χ2v) is 8.63. The third-order valence-corrected chi connectivity index (χ3v) is 4.87. The Morgan fingerprint density at radius 2 is 1.76 bits per heavy atom. The van der Waals surface area contributed by atoms with Gasteiger partial charge in [-0.25, -0.2) is 12.8 Å². The minimum absolute atomic E-state index is 0.150. The Morgan fingerprint density at radius 3 is 2.24 bits per heavy atom. The topological polar surface area (TPSA) is 92.8 Å². The molecule has 0 aliphatic carbocycles. The lowest BCUT2D eigenvalue weighted by molar-refractivity contribution is -0.155. The molecule has 0 spiro atoms. The molecule has 0 aliphatic rings. The summed E-state index contributed by atoms with van der Waals surface area (Å²) in [5.41, 5.74) is -0.486. The number of rotatable bonds is 6. The molecule has 1 unspecified atom stereocenters. The van der Waals surface area contributed by atoms with E-state index in [-0.39, 0.29) is 4.90 Å². The average molecular weight is 374 g/mol.